The van der Waals surface area contributed by atoms with Gasteiger partial charge in [-0.15, -0.1) is 0 Å². The maximum absolute atomic E-state index is 13.3. The fraction of sp³-hybridized carbons (Fsp3) is 0.167. The molecule has 1 aromatic carbocycles. The minimum atomic E-state index is -1.23. The van der Waals surface area contributed by atoms with E-state index in [2.05, 4.69) is 10.2 Å². The molecule has 2 aromatic rings. The van der Waals surface area contributed by atoms with Gasteiger partial charge in [0.25, 0.3) is 0 Å². The molecule has 0 amide bonds. The summed E-state index contributed by atoms with van der Waals surface area (Å²) in [6.07, 6.45) is 4.45. The lowest BCUT2D eigenvalue weighted by atomic mass is 10.0. The van der Waals surface area contributed by atoms with Crippen LogP contribution in [0.2, 0.25) is 5.02 Å². The van der Waals surface area contributed by atoms with Crippen LogP contribution in [-0.2, 0) is 12.8 Å². The van der Waals surface area contributed by atoms with Crippen molar-refractivity contribution in [2.45, 2.75) is 12.8 Å². The summed E-state index contributed by atoms with van der Waals surface area (Å²) in [5.41, 5.74) is 1.22. The van der Waals surface area contributed by atoms with Crippen molar-refractivity contribution >= 4 is 17.6 Å². The minimum Gasteiger partial charge on any atom is -0.478 e. The Morgan fingerprint density at radius 2 is 2.22 bits per heavy atom. The summed E-state index contributed by atoms with van der Waals surface area (Å²) in [4.78, 5) is 10.9. The van der Waals surface area contributed by atoms with Gasteiger partial charge in [-0.3, -0.25) is 5.10 Å². The third kappa shape index (κ3) is 2.68. The van der Waals surface area contributed by atoms with E-state index in [1.165, 1.54) is 6.07 Å². The Balaban J connectivity index is 2.24. The van der Waals surface area contributed by atoms with Gasteiger partial charge < -0.3 is 5.11 Å². The third-order valence-electron chi connectivity index (χ3n) is 2.58. The van der Waals surface area contributed by atoms with Crippen molar-refractivity contribution in [1.82, 2.24) is 10.2 Å². The summed E-state index contributed by atoms with van der Waals surface area (Å²) in [6, 6.07) is 2.18. The Labute approximate surface area is 107 Å². The molecular weight excluding hydrogens is 259 g/mol. The highest BCUT2D eigenvalue weighted by Gasteiger charge is 2.14. The average Bonchev–Trinajstić information content (AvgIpc) is 2.82. The van der Waals surface area contributed by atoms with Crippen molar-refractivity contribution in [3.05, 3.63) is 52.1 Å². The number of halogens is 2. The molecule has 2 N–H and O–H groups in total. The van der Waals surface area contributed by atoms with Crippen molar-refractivity contribution in [3.63, 3.8) is 0 Å². The molecule has 6 heteroatoms. The molecule has 94 valence electrons. The second kappa shape index (κ2) is 5.18. The molecule has 2 rings (SSSR count). The van der Waals surface area contributed by atoms with Crippen LogP contribution in [0.1, 0.15) is 21.5 Å². The quantitative estimate of drug-likeness (QED) is 0.896. The van der Waals surface area contributed by atoms with Crippen LogP contribution in [0.3, 0.4) is 0 Å². The molecule has 0 aliphatic rings. The topological polar surface area (TPSA) is 66.0 Å². The largest absolute Gasteiger partial charge is 0.478 e. The van der Waals surface area contributed by atoms with Gasteiger partial charge in [-0.25, -0.2) is 9.18 Å². The molecule has 0 radical (unpaired) electrons. The van der Waals surface area contributed by atoms with Crippen LogP contribution in [0.15, 0.2) is 24.5 Å². The number of carboxylic acid groups (broad SMARTS) is 1. The number of H-pyrrole nitrogens is 1. The summed E-state index contributed by atoms with van der Waals surface area (Å²) in [6.45, 7) is 0. The van der Waals surface area contributed by atoms with Gasteiger partial charge in [0.15, 0.2) is 0 Å². The zero-order chi connectivity index (χ0) is 13.1. The van der Waals surface area contributed by atoms with E-state index in [0.717, 1.165) is 11.6 Å². The number of aromatic carboxylic acids is 1. The number of nitrogens with one attached hydrogen (secondary N) is 1. The molecule has 0 aliphatic carbocycles. The summed E-state index contributed by atoms with van der Waals surface area (Å²) in [5.74, 6) is -1.83. The van der Waals surface area contributed by atoms with E-state index in [4.69, 9.17) is 16.7 Å². The van der Waals surface area contributed by atoms with Crippen LogP contribution in [0.25, 0.3) is 0 Å². The van der Waals surface area contributed by atoms with Crippen molar-refractivity contribution < 1.29 is 14.3 Å². The van der Waals surface area contributed by atoms with Gasteiger partial charge in [0, 0.05) is 6.20 Å². The molecule has 0 saturated carbocycles. The molecule has 1 heterocycles. The fourth-order valence-corrected chi connectivity index (χ4v) is 1.96. The molecule has 1 aromatic heterocycles. The summed E-state index contributed by atoms with van der Waals surface area (Å²) < 4.78 is 13.3. The lowest BCUT2D eigenvalue weighted by Gasteiger charge is -2.07. The number of hydrogen-bond donors (Lipinski definition) is 2. The maximum atomic E-state index is 13.3. The predicted molar refractivity (Wildman–Crippen MR) is 64.4 cm³/mol. The number of benzene rings is 1. The van der Waals surface area contributed by atoms with Crippen molar-refractivity contribution in [1.29, 1.82) is 0 Å². The number of hydrogen-bond acceptors (Lipinski definition) is 2. The van der Waals surface area contributed by atoms with Crippen LogP contribution < -0.4 is 0 Å². The molecular formula is C12H10ClFN2O2. The number of aromatic amines is 1. The average molecular weight is 269 g/mol. The van der Waals surface area contributed by atoms with E-state index in [1.807, 2.05) is 0 Å². The highest BCUT2D eigenvalue weighted by Crippen LogP contribution is 2.24. The van der Waals surface area contributed by atoms with E-state index >= 15 is 0 Å². The monoisotopic (exact) mass is 268 g/mol. The normalized spacial score (nSPS) is 10.6. The Kier molecular flexibility index (Phi) is 3.62. The fourth-order valence-electron chi connectivity index (χ4n) is 1.68. The van der Waals surface area contributed by atoms with Gasteiger partial charge in [0.2, 0.25) is 0 Å². The molecule has 0 saturated heterocycles. The van der Waals surface area contributed by atoms with Crippen molar-refractivity contribution in [3.8, 4) is 0 Å². The summed E-state index contributed by atoms with van der Waals surface area (Å²) >= 11 is 5.94. The Morgan fingerprint density at radius 3 is 2.83 bits per heavy atom. The molecule has 0 bridgehead atoms. The molecule has 0 aliphatic heterocycles. The highest BCUT2D eigenvalue weighted by molar-refractivity contribution is 6.34. The van der Waals surface area contributed by atoms with Gasteiger partial charge in [-0.2, -0.15) is 5.10 Å². The molecule has 18 heavy (non-hydrogen) atoms. The van der Waals surface area contributed by atoms with Crippen LogP contribution in [0, 0.1) is 5.82 Å². The van der Waals surface area contributed by atoms with Gasteiger partial charge in [0.05, 0.1) is 16.8 Å². The van der Waals surface area contributed by atoms with E-state index in [9.17, 15) is 9.18 Å². The molecule has 0 spiro atoms. The van der Waals surface area contributed by atoms with Gasteiger partial charge in [-0.05, 0) is 36.1 Å². The SMILES string of the molecule is O=C(O)c1cc(F)cc(CCc2cn[nH]c2)c1Cl. The summed E-state index contributed by atoms with van der Waals surface area (Å²) in [5, 5.41) is 15.5. The zero-order valence-electron chi connectivity index (χ0n) is 9.28. The van der Waals surface area contributed by atoms with Gasteiger partial charge in [-0.1, -0.05) is 11.6 Å². The maximum Gasteiger partial charge on any atom is 0.337 e. The number of rotatable bonds is 4. The highest BCUT2D eigenvalue weighted by atomic mass is 35.5. The lowest BCUT2D eigenvalue weighted by Crippen LogP contribution is -2.02. The Hall–Kier alpha value is -1.88. The number of carboxylic acids is 1. The van der Waals surface area contributed by atoms with Crippen molar-refractivity contribution in [2.75, 3.05) is 0 Å². The first-order valence-corrected chi connectivity index (χ1v) is 5.64. The number of carbonyl (C=O) groups is 1. The third-order valence-corrected chi connectivity index (χ3v) is 3.03. The van der Waals surface area contributed by atoms with Gasteiger partial charge >= 0.3 is 5.97 Å². The second-order valence-corrected chi connectivity index (χ2v) is 4.22. The van der Waals surface area contributed by atoms with Crippen LogP contribution >= 0.6 is 11.6 Å². The smallest absolute Gasteiger partial charge is 0.337 e. The lowest BCUT2D eigenvalue weighted by molar-refractivity contribution is 0.0696. The first-order chi connectivity index (χ1) is 8.58. The van der Waals surface area contributed by atoms with Crippen LogP contribution in [0.4, 0.5) is 4.39 Å². The first-order valence-electron chi connectivity index (χ1n) is 5.27. The number of nitrogens with zero attached hydrogens (tertiary/aromatic N) is 1. The molecule has 0 fully saturated rings. The molecule has 0 atom stereocenters. The molecule has 0 unspecified atom stereocenters. The predicted octanol–water partition coefficient (Wildman–Crippen LogP) is 2.69. The molecule has 4 nitrogen and oxygen atoms in total. The Bertz CT molecular complexity index is 570. The second-order valence-electron chi connectivity index (χ2n) is 3.84. The minimum absolute atomic E-state index is 0.0902. The first kappa shape index (κ1) is 12.6. The Morgan fingerprint density at radius 1 is 1.44 bits per heavy atom. The van der Waals surface area contributed by atoms with E-state index in [-0.39, 0.29) is 10.6 Å². The van der Waals surface area contributed by atoms with Crippen molar-refractivity contribution in [2.24, 2.45) is 0 Å². The number of aromatic nitrogens is 2. The number of aryl methyl sites for hydroxylation is 2. The summed E-state index contributed by atoms with van der Waals surface area (Å²) in [7, 11) is 0. The van der Waals surface area contributed by atoms with Crippen LogP contribution in [0.5, 0.6) is 0 Å². The standard InChI is InChI=1S/C12H10ClFN2O2/c13-11-8(2-1-7-5-15-16-6-7)3-9(14)4-10(11)12(17)18/h3-6H,1-2H2,(H,15,16)(H,17,18). The van der Waals surface area contributed by atoms with E-state index in [0.29, 0.717) is 18.4 Å². The van der Waals surface area contributed by atoms with E-state index < -0.39 is 11.8 Å². The van der Waals surface area contributed by atoms with Gasteiger partial charge in [0.1, 0.15) is 5.82 Å². The van der Waals surface area contributed by atoms with Crippen LogP contribution in [-0.4, -0.2) is 21.3 Å². The zero-order valence-corrected chi connectivity index (χ0v) is 10.0. The van der Waals surface area contributed by atoms with E-state index in [1.54, 1.807) is 12.4 Å².